The largest absolute Gasteiger partial charge is 0.439 e. The van der Waals surface area contributed by atoms with E-state index in [0.717, 1.165) is 32.6 Å². The van der Waals surface area contributed by atoms with Crippen molar-refractivity contribution in [3.63, 3.8) is 0 Å². The number of pyridine rings is 1. The third-order valence-electron chi connectivity index (χ3n) is 3.56. The Labute approximate surface area is 152 Å². The number of rotatable bonds is 4. The number of anilines is 2. The SMILES string of the molecule is Brc1ccc2ncnc(Nc3ccc(Oc4ccccc4)nc3)c2c1. The van der Waals surface area contributed by atoms with Crippen molar-refractivity contribution in [2.45, 2.75) is 0 Å². The van der Waals surface area contributed by atoms with E-state index in [4.69, 9.17) is 4.74 Å². The van der Waals surface area contributed by atoms with Gasteiger partial charge in [0.2, 0.25) is 5.88 Å². The van der Waals surface area contributed by atoms with Crippen LogP contribution in [0.3, 0.4) is 0 Å². The number of aromatic nitrogens is 3. The van der Waals surface area contributed by atoms with Gasteiger partial charge in [0.25, 0.3) is 0 Å². The number of halogens is 1. The molecule has 25 heavy (non-hydrogen) atoms. The van der Waals surface area contributed by atoms with E-state index in [1.54, 1.807) is 12.5 Å². The molecule has 0 spiro atoms. The number of ether oxygens (including phenoxy) is 1. The van der Waals surface area contributed by atoms with E-state index in [1.807, 2.05) is 60.7 Å². The molecule has 0 saturated carbocycles. The summed E-state index contributed by atoms with van der Waals surface area (Å²) >= 11 is 3.48. The fourth-order valence-corrected chi connectivity index (χ4v) is 2.75. The molecule has 122 valence electrons. The van der Waals surface area contributed by atoms with Crippen LogP contribution in [0.2, 0.25) is 0 Å². The Bertz CT molecular complexity index is 1010. The fraction of sp³-hybridized carbons (Fsp3) is 0. The molecule has 0 fully saturated rings. The van der Waals surface area contributed by atoms with Gasteiger partial charge < -0.3 is 10.1 Å². The molecule has 0 atom stereocenters. The fourth-order valence-electron chi connectivity index (χ4n) is 2.39. The number of benzene rings is 2. The Morgan fingerprint density at radius 1 is 0.880 bits per heavy atom. The Balaban J connectivity index is 1.56. The van der Waals surface area contributed by atoms with Gasteiger partial charge in [-0.15, -0.1) is 0 Å². The zero-order valence-corrected chi connectivity index (χ0v) is 14.6. The standard InChI is InChI=1S/C19H13BrN4O/c20-13-6-8-17-16(10-13)19(23-12-22-17)24-14-7-9-18(21-11-14)25-15-4-2-1-3-5-15/h1-12H,(H,22,23,24). The molecular weight excluding hydrogens is 380 g/mol. The number of para-hydroxylation sites is 1. The van der Waals surface area contributed by atoms with E-state index in [9.17, 15) is 0 Å². The normalized spacial score (nSPS) is 10.6. The van der Waals surface area contributed by atoms with Gasteiger partial charge in [-0.1, -0.05) is 34.1 Å². The van der Waals surface area contributed by atoms with E-state index < -0.39 is 0 Å². The molecule has 0 radical (unpaired) electrons. The molecule has 0 aliphatic carbocycles. The Morgan fingerprint density at radius 2 is 1.76 bits per heavy atom. The van der Waals surface area contributed by atoms with E-state index in [0.29, 0.717) is 5.88 Å². The lowest BCUT2D eigenvalue weighted by molar-refractivity contribution is 0.463. The molecule has 0 amide bonds. The monoisotopic (exact) mass is 392 g/mol. The van der Waals surface area contributed by atoms with Crippen molar-refractivity contribution in [2.75, 3.05) is 5.32 Å². The van der Waals surface area contributed by atoms with Crippen LogP contribution < -0.4 is 10.1 Å². The van der Waals surface area contributed by atoms with E-state index in [-0.39, 0.29) is 0 Å². The van der Waals surface area contributed by atoms with Gasteiger partial charge in [-0.3, -0.25) is 0 Å². The second kappa shape index (κ2) is 6.86. The maximum absolute atomic E-state index is 5.70. The highest BCUT2D eigenvalue weighted by Gasteiger charge is 2.06. The first kappa shape index (κ1) is 15.5. The van der Waals surface area contributed by atoms with Crippen LogP contribution >= 0.6 is 15.9 Å². The molecule has 6 heteroatoms. The molecule has 4 rings (SSSR count). The Kier molecular flexibility index (Phi) is 4.26. The summed E-state index contributed by atoms with van der Waals surface area (Å²) in [5.74, 6) is 2.01. The summed E-state index contributed by atoms with van der Waals surface area (Å²) in [6.07, 6.45) is 3.25. The van der Waals surface area contributed by atoms with Crippen molar-refractivity contribution >= 4 is 38.3 Å². The zero-order valence-electron chi connectivity index (χ0n) is 13.1. The molecule has 2 aromatic carbocycles. The van der Waals surface area contributed by atoms with E-state index in [2.05, 4.69) is 36.2 Å². The van der Waals surface area contributed by atoms with Crippen LogP contribution in [-0.4, -0.2) is 15.0 Å². The summed E-state index contributed by atoms with van der Waals surface area (Å²) in [4.78, 5) is 12.9. The predicted molar refractivity (Wildman–Crippen MR) is 101 cm³/mol. The minimum absolute atomic E-state index is 0.534. The average Bonchev–Trinajstić information content (AvgIpc) is 2.65. The van der Waals surface area contributed by atoms with Crippen molar-refractivity contribution in [1.29, 1.82) is 0 Å². The summed E-state index contributed by atoms with van der Waals surface area (Å²) < 4.78 is 6.67. The van der Waals surface area contributed by atoms with Crippen molar-refractivity contribution < 1.29 is 4.74 Å². The second-order valence-electron chi connectivity index (χ2n) is 5.31. The summed E-state index contributed by atoms with van der Waals surface area (Å²) in [7, 11) is 0. The van der Waals surface area contributed by atoms with Crippen molar-refractivity contribution in [2.24, 2.45) is 0 Å². The molecule has 2 heterocycles. The lowest BCUT2D eigenvalue weighted by Crippen LogP contribution is -1.97. The molecule has 2 aromatic heterocycles. The van der Waals surface area contributed by atoms with Gasteiger partial charge in [0.15, 0.2) is 0 Å². The van der Waals surface area contributed by atoms with Crippen molar-refractivity contribution in [1.82, 2.24) is 15.0 Å². The van der Waals surface area contributed by atoms with E-state index in [1.165, 1.54) is 0 Å². The number of nitrogens with one attached hydrogen (secondary N) is 1. The number of fused-ring (bicyclic) bond motifs is 1. The van der Waals surface area contributed by atoms with E-state index >= 15 is 0 Å². The van der Waals surface area contributed by atoms with Crippen LogP contribution in [0, 0.1) is 0 Å². The first-order chi connectivity index (χ1) is 12.3. The van der Waals surface area contributed by atoms with Gasteiger partial charge in [0.1, 0.15) is 17.9 Å². The Morgan fingerprint density at radius 3 is 2.56 bits per heavy atom. The first-order valence-corrected chi connectivity index (χ1v) is 8.43. The van der Waals surface area contributed by atoms with Crippen LogP contribution in [0.5, 0.6) is 11.6 Å². The molecule has 0 unspecified atom stereocenters. The van der Waals surface area contributed by atoms with Gasteiger partial charge in [-0.05, 0) is 36.4 Å². The van der Waals surface area contributed by atoms with Crippen molar-refractivity contribution in [3.05, 3.63) is 77.7 Å². The molecule has 5 nitrogen and oxygen atoms in total. The molecule has 0 aliphatic rings. The first-order valence-electron chi connectivity index (χ1n) is 7.64. The van der Waals surface area contributed by atoms with Gasteiger partial charge in [-0.25, -0.2) is 15.0 Å². The third kappa shape index (κ3) is 3.59. The molecular formula is C19H13BrN4O. The minimum Gasteiger partial charge on any atom is -0.439 e. The summed E-state index contributed by atoms with van der Waals surface area (Å²) in [5, 5.41) is 4.21. The van der Waals surface area contributed by atoms with Gasteiger partial charge in [-0.2, -0.15) is 0 Å². The number of nitrogens with zero attached hydrogens (tertiary/aromatic N) is 3. The zero-order chi connectivity index (χ0) is 17.1. The third-order valence-corrected chi connectivity index (χ3v) is 4.06. The summed E-state index contributed by atoms with van der Waals surface area (Å²) in [6.45, 7) is 0. The highest BCUT2D eigenvalue weighted by atomic mass is 79.9. The highest BCUT2D eigenvalue weighted by molar-refractivity contribution is 9.10. The van der Waals surface area contributed by atoms with Crippen molar-refractivity contribution in [3.8, 4) is 11.6 Å². The van der Waals surface area contributed by atoms with Crippen LogP contribution in [0.1, 0.15) is 0 Å². The molecule has 1 N–H and O–H groups in total. The second-order valence-corrected chi connectivity index (χ2v) is 6.22. The van der Waals surface area contributed by atoms with Crippen LogP contribution in [0.4, 0.5) is 11.5 Å². The predicted octanol–water partition coefficient (Wildman–Crippen LogP) is 5.32. The number of hydrogen-bond acceptors (Lipinski definition) is 5. The topological polar surface area (TPSA) is 59.9 Å². The molecule has 0 saturated heterocycles. The maximum atomic E-state index is 5.70. The molecule has 0 bridgehead atoms. The molecule has 0 aliphatic heterocycles. The minimum atomic E-state index is 0.534. The molecule has 4 aromatic rings. The number of hydrogen-bond donors (Lipinski definition) is 1. The van der Waals surface area contributed by atoms with Crippen LogP contribution in [0.15, 0.2) is 77.7 Å². The summed E-state index contributed by atoms with van der Waals surface area (Å²) in [5.41, 5.74) is 1.69. The average molecular weight is 393 g/mol. The Hall–Kier alpha value is -2.99. The lowest BCUT2D eigenvalue weighted by atomic mass is 10.2. The smallest absolute Gasteiger partial charge is 0.219 e. The quantitative estimate of drug-likeness (QED) is 0.508. The van der Waals surface area contributed by atoms with Gasteiger partial charge in [0, 0.05) is 15.9 Å². The van der Waals surface area contributed by atoms with Crippen LogP contribution in [0.25, 0.3) is 10.9 Å². The van der Waals surface area contributed by atoms with Gasteiger partial charge in [0.05, 0.1) is 17.4 Å². The lowest BCUT2D eigenvalue weighted by Gasteiger charge is -2.09. The highest BCUT2D eigenvalue weighted by Crippen LogP contribution is 2.26. The maximum Gasteiger partial charge on any atom is 0.219 e. The summed E-state index contributed by atoms with van der Waals surface area (Å²) in [6, 6.07) is 19.2. The van der Waals surface area contributed by atoms with Gasteiger partial charge >= 0.3 is 0 Å². The van der Waals surface area contributed by atoms with Crippen LogP contribution in [-0.2, 0) is 0 Å².